The maximum atomic E-state index is 5.31. The number of anilines is 2. The molecule has 122 valence electrons. The minimum atomic E-state index is 0.467. The van der Waals surface area contributed by atoms with Crippen LogP contribution in [0.3, 0.4) is 0 Å². The van der Waals surface area contributed by atoms with Crippen molar-refractivity contribution in [3.63, 3.8) is 0 Å². The lowest BCUT2D eigenvalue weighted by atomic mass is 10.1. The topological polar surface area (TPSA) is 54.8 Å². The van der Waals surface area contributed by atoms with Gasteiger partial charge in [-0.05, 0) is 54.9 Å². The van der Waals surface area contributed by atoms with Gasteiger partial charge in [-0.2, -0.15) is 0 Å². The second kappa shape index (κ2) is 7.23. The third-order valence-corrected chi connectivity index (χ3v) is 3.84. The second-order valence-corrected chi connectivity index (χ2v) is 6.05. The number of thiocarbonyl (C=S) groups is 1. The molecule has 2 aromatic carbocycles. The van der Waals surface area contributed by atoms with Crippen LogP contribution in [0.4, 0.5) is 11.6 Å². The van der Waals surface area contributed by atoms with Gasteiger partial charge in [-0.1, -0.05) is 36.4 Å². The smallest absolute Gasteiger partial charge is 0.248 e. The highest BCUT2D eigenvalue weighted by Crippen LogP contribution is 2.11. The summed E-state index contributed by atoms with van der Waals surface area (Å²) >= 11 is 5.31. The summed E-state index contributed by atoms with van der Waals surface area (Å²) in [7, 11) is 0. The van der Waals surface area contributed by atoms with Crippen LogP contribution in [-0.2, 0) is 6.54 Å². The molecule has 2 N–H and O–H groups in total. The van der Waals surface area contributed by atoms with Gasteiger partial charge < -0.3 is 5.32 Å². The van der Waals surface area contributed by atoms with Crippen molar-refractivity contribution in [2.24, 2.45) is 0 Å². The van der Waals surface area contributed by atoms with Gasteiger partial charge in [-0.25, -0.2) is 9.67 Å². The molecule has 24 heavy (non-hydrogen) atoms. The average molecular weight is 337 g/mol. The summed E-state index contributed by atoms with van der Waals surface area (Å²) in [4.78, 5) is 4.25. The lowest BCUT2D eigenvalue weighted by Crippen LogP contribution is -2.20. The highest BCUT2D eigenvalue weighted by Gasteiger charge is 2.05. The van der Waals surface area contributed by atoms with Crippen LogP contribution in [0.2, 0.25) is 0 Å². The van der Waals surface area contributed by atoms with Gasteiger partial charge >= 0.3 is 0 Å². The number of rotatable bonds is 4. The molecule has 0 amide bonds. The summed E-state index contributed by atoms with van der Waals surface area (Å²) in [6.07, 6.45) is 1.70. The van der Waals surface area contributed by atoms with E-state index in [2.05, 4.69) is 39.8 Å². The summed E-state index contributed by atoms with van der Waals surface area (Å²) in [5.41, 5.74) is 4.56. The van der Waals surface area contributed by atoms with Gasteiger partial charge in [-0.3, -0.25) is 5.32 Å². The number of nitrogens with zero attached hydrogens (tertiary/aromatic N) is 3. The van der Waals surface area contributed by atoms with Gasteiger partial charge in [0.2, 0.25) is 5.95 Å². The summed E-state index contributed by atoms with van der Waals surface area (Å²) in [5.74, 6) is 0.480. The SMILES string of the molecule is Cc1cccc(NC(=S)Nc2ncn(Cc3ccccc3C)n2)c1. The fraction of sp³-hybridized carbons (Fsp3) is 0.167. The molecule has 0 fully saturated rings. The predicted octanol–water partition coefficient (Wildman–Crippen LogP) is 3.75. The minimum absolute atomic E-state index is 0.467. The molecule has 3 rings (SSSR count). The van der Waals surface area contributed by atoms with Crippen molar-refractivity contribution in [3.05, 3.63) is 71.5 Å². The Hall–Kier alpha value is -2.73. The molecule has 3 aromatic rings. The lowest BCUT2D eigenvalue weighted by molar-refractivity contribution is 0.684. The zero-order valence-electron chi connectivity index (χ0n) is 13.7. The van der Waals surface area contributed by atoms with E-state index in [0.29, 0.717) is 17.6 Å². The van der Waals surface area contributed by atoms with E-state index in [9.17, 15) is 0 Å². The van der Waals surface area contributed by atoms with Crippen molar-refractivity contribution in [1.29, 1.82) is 0 Å². The van der Waals surface area contributed by atoms with Crippen molar-refractivity contribution in [2.45, 2.75) is 20.4 Å². The molecular weight excluding hydrogens is 318 g/mol. The van der Waals surface area contributed by atoms with Crippen LogP contribution in [0.1, 0.15) is 16.7 Å². The van der Waals surface area contributed by atoms with Gasteiger partial charge in [0, 0.05) is 5.69 Å². The minimum Gasteiger partial charge on any atom is -0.332 e. The van der Waals surface area contributed by atoms with Crippen molar-refractivity contribution >= 4 is 29.0 Å². The van der Waals surface area contributed by atoms with Crippen LogP contribution in [0.25, 0.3) is 0 Å². The van der Waals surface area contributed by atoms with E-state index in [0.717, 1.165) is 5.69 Å². The summed E-state index contributed by atoms with van der Waals surface area (Å²) in [6.45, 7) is 4.81. The molecule has 0 saturated heterocycles. The molecule has 1 heterocycles. The van der Waals surface area contributed by atoms with Crippen LogP contribution in [0.5, 0.6) is 0 Å². The zero-order valence-corrected chi connectivity index (χ0v) is 14.5. The Labute approximate surface area is 146 Å². The van der Waals surface area contributed by atoms with Crippen molar-refractivity contribution in [1.82, 2.24) is 14.8 Å². The Bertz CT molecular complexity index is 856. The van der Waals surface area contributed by atoms with E-state index in [1.165, 1.54) is 16.7 Å². The first kappa shape index (κ1) is 16.1. The zero-order chi connectivity index (χ0) is 16.9. The molecule has 5 nitrogen and oxygen atoms in total. The van der Waals surface area contributed by atoms with Crippen molar-refractivity contribution < 1.29 is 0 Å². The fourth-order valence-corrected chi connectivity index (χ4v) is 2.59. The molecule has 0 radical (unpaired) electrons. The Morgan fingerprint density at radius 2 is 1.92 bits per heavy atom. The number of aromatic nitrogens is 3. The maximum Gasteiger partial charge on any atom is 0.248 e. The molecular formula is C18H19N5S. The Kier molecular flexibility index (Phi) is 4.86. The van der Waals surface area contributed by atoms with Gasteiger partial charge in [-0.15, -0.1) is 5.10 Å². The first-order valence-electron chi connectivity index (χ1n) is 7.69. The number of hydrogen-bond acceptors (Lipinski definition) is 3. The van der Waals surface area contributed by atoms with Crippen LogP contribution in [0, 0.1) is 13.8 Å². The van der Waals surface area contributed by atoms with Crippen LogP contribution >= 0.6 is 12.2 Å². The molecule has 0 saturated carbocycles. The number of benzene rings is 2. The van der Waals surface area contributed by atoms with E-state index in [1.54, 1.807) is 11.0 Å². The first-order valence-corrected chi connectivity index (χ1v) is 8.09. The van der Waals surface area contributed by atoms with E-state index < -0.39 is 0 Å². The Morgan fingerprint density at radius 1 is 1.08 bits per heavy atom. The lowest BCUT2D eigenvalue weighted by Gasteiger charge is -2.08. The number of hydrogen-bond donors (Lipinski definition) is 2. The van der Waals surface area contributed by atoms with Crippen LogP contribution < -0.4 is 10.6 Å². The third-order valence-electron chi connectivity index (χ3n) is 3.63. The first-order chi connectivity index (χ1) is 11.6. The maximum absolute atomic E-state index is 5.31. The molecule has 0 aliphatic carbocycles. The van der Waals surface area contributed by atoms with Gasteiger partial charge in [0.1, 0.15) is 6.33 Å². The second-order valence-electron chi connectivity index (χ2n) is 5.64. The van der Waals surface area contributed by atoms with Crippen molar-refractivity contribution in [3.8, 4) is 0 Å². The fourth-order valence-electron chi connectivity index (χ4n) is 2.38. The molecule has 0 unspecified atom stereocenters. The Morgan fingerprint density at radius 3 is 2.71 bits per heavy atom. The molecule has 6 heteroatoms. The van der Waals surface area contributed by atoms with E-state index in [1.807, 2.05) is 43.3 Å². The van der Waals surface area contributed by atoms with Crippen molar-refractivity contribution in [2.75, 3.05) is 10.6 Å². The monoisotopic (exact) mass is 337 g/mol. The van der Waals surface area contributed by atoms with E-state index in [-0.39, 0.29) is 0 Å². The number of nitrogens with one attached hydrogen (secondary N) is 2. The Balaban J connectivity index is 1.61. The van der Waals surface area contributed by atoms with Crippen LogP contribution in [0.15, 0.2) is 54.9 Å². The third kappa shape index (κ3) is 4.17. The van der Waals surface area contributed by atoms with E-state index in [4.69, 9.17) is 12.2 Å². The van der Waals surface area contributed by atoms with Gasteiger partial charge in [0.15, 0.2) is 5.11 Å². The molecule has 0 spiro atoms. The largest absolute Gasteiger partial charge is 0.332 e. The quantitative estimate of drug-likeness (QED) is 0.710. The average Bonchev–Trinajstić information content (AvgIpc) is 2.96. The molecule has 0 aliphatic heterocycles. The number of aryl methyl sites for hydroxylation is 2. The van der Waals surface area contributed by atoms with Gasteiger partial charge in [0.05, 0.1) is 6.54 Å². The molecule has 1 aromatic heterocycles. The highest BCUT2D eigenvalue weighted by atomic mass is 32.1. The highest BCUT2D eigenvalue weighted by molar-refractivity contribution is 7.80. The molecule has 0 aliphatic rings. The standard InChI is InChI=1S/C18H19N5S/c1-13-6-5-9-16(10-13)20-18(24)21-17-19-12-23(22-17)11-15-8-4-3-7-14(15)2/h3-10,12H,11H2,1-2H3,(H2,20,21,22,24). The molecule has 0 bridgehead atoms. The van der Waals surface area contributed by atoms with Crippen LogP contribution in [-0.4, -0.2) is 19.9 Å². The van der Waals surface area contributed by atoms with Gasteiger partial charge in [0.25, 0.3) is 0 Å². The summed E-state index contributed by atoms with van der Waals surface area (Å²) in [5, 5.41) is 11.0. The summed E-state index contributed by atoms with van der Waals surface area (Å²) in [6, 6.07) is 16.2. The summed E-state index contributed by atoms with van der Waals surface area (Å²) < 4.78 is 1.79. The normalized spacial score (nSPS) is 10.4. The predicted molar refractivity (Wildman–Crippen MR) is 101 cm³/mol. The van der Waals surface area contributed by atoms with E-state index >= 15 is 0 Å². The molecule has 0 atom stereocenters.